The zero-order valence-corrected chi connectivity index (χ0v) is 16.9. The van der Waals surface area contributed by atoms with Gasteiger partial charge in [0.15, 0.2) is 5.76 Å². The van der Waals surface area contributed by atoms with Crippen LogP contribution in [0.3, 0.4) is 0 Å². The molecule has 0 aliphatic carbocycles. The van der Waals surface area contributed by atoms with Crippen molar-refractivity contribution in [1.29, 1.82) is 0 Å². The van der Waals surface area contributed by atoms with Crippen LogP contribution in [-0.2, 0) is 10.0 Å². The Morgan fingerprint density at radius 1 is 1.03 bits per heavy atom. The summed E-state index contributed by atoms with van der Waals surface area (Å²) in [5.41, 5.74) is 0.820. The zero-order chi connectivity index (χ0) is 21.8. The van der Waals surface area contributed by atoms with Gasteiger partial charge in [-0.2, -0.15) is 0 Å². The molecule has 1 aliphatic heterocycles. The standard InChI is InChI=1S/C22H17FN2O5S/c23-17-10-13(25-8-3-9-25)11-19-16(17)12-20(30-19)22(27)24-31(28,29)21-7-6-18(26)14-4-1-2-5-15(14)21/h1-2,4-7,10-12,26H,3,8-9H2,(H,24,27). The Kier molecular flexibility index (Phi) is 4.37. The van der Waals surface area contributed by atoms with E-state index in [0.717, 1.165) is 19.5 Å². The number of phenols is 1. The van der Waals surface area contributed by atoms with E-state index in [9.17, 15) is 22.7 Å². The normalized spacial score (nSPS) is 14.0. The van der Waals surface area contributed by atoms with Gasteiger partial charge in [-0.05, 0) is 24.6 Å². The molecule has 1 fully saturated rings. The summed E-state index contributed by atoms with van der Waals surface area (Å²) in [6.45, 7) is 1.63. The Balaban J connectivity index is 1.49. The second kappa shape index (κ2) is 6.98. The third-order valence-corrected chi connectivity index (χ3v) is 6.78. The van der Waals surface area contributed by atoms with Crippen LogP contribution in [0.15, 0.2) is 63.9 Å². The lowest BCUT2D eigenvalue weighted by atomic mass is 10.1. The van der Waals surface area contributed by atoms with Crippen molar-refractivity contribution >= 4 is 43.4 Å². The third-order valence-electron chi connectivity index (χ3n) is 5.39. The predicted molar refractivity (Wildman–Crippen MR) is 113 cm³/mol. The monoisotopic (exact) mass is 440 g/mol. The van der Waals surface area contributed by atoms with E-state index in [-0.39, 0.29) is 32.8 Å². The van der Waals surface area contributed by atoms with E-state index >= 15 is 0 Å². The van der Waals surface area contributed by atoms with Gasteiger partial charge in [0, 0.05) is 41.7 Å². The second-order valence-corrected chi connectivity index (χ2v) is 9.00. The summed E-state index contributed by atoms with van der Waals surface area (Å²) in [6, 6.07) is 13.0. The number of anilines is 1. The topological polar surface area (TPSA) is 99.8 Å². The van der Waals surface area contributed by atoms with Crippen molar-refractivity contribution in [2.24, 2.45) is 0 Å². The minimum Gasteiger partial charge on any atom is -0.507 e. The SMILES string of the molecule is O=C(NS(=O)(=O)c1ccc(O)c2ccccc12)c1cc2c(F)cc(N3CCC3)cc2o1. The number of rotatable bonds is 4. The minimum absolute atomic E-state index is 0.0772. The van der Waals surface area contributed by atoms with Crippen LogP contribution < -0.4 is 9.62 Å². The maximum absolute atomic E-state index is 14.5. The number of aromatic hydroxyl groups is 1. The van der Waals surface area contributed by atoms with Gasteiger partial charge >= 0.3 is 5.91 Å². The van der Waals surface area contributed by atoms with E-state index in [4.69, 9.17) is 4.42 Å². The van der Waals surface area contributed by atoms with Crippen LogP contribution in [0.1, 0.15) is 17.0 Å². The highest BCUT2D eigenvalue weighted by molar-refractivity contribution is 7.90. The maximum Gasteiger partial charge on any atom is 0.300 e. The van der Waals surface area contributed by atoms with E-state index in [1.54, 1.807) is 24.3 Å². The molecular weight excluding hydrogens is 423 g/mol. The Hall–Kier alpha value is -3.59. The molecule has 0 bridgehead atoms. The fraction of sp³-hybridized carbons (Fsp3) is 0.136. The Morgan fingerprint density at radius 3 is 2.48 bits per heavy atom. The number of carbonyl (C=O) groups is 1. The molecule has 0 spiro atoms. The van der Waals surface area contributed by atoms with Gasteiger partial charge in [0.2, 0.25) is 0 Å². The summed E-state index contributed by atoms with van der Waals surface area (Å²) in [7, 11) is -4.29. The molecule has 1 saturated heterocycles. The number of benzene rings is 3. The average molecular weight is 440 g/mol. The van der Waals surface area contributed by atoms with Crippen LogP contribution in [0.25, 0.3) is 21.7 Å². The highest BCUT2D eigenvalue weighted by Crippen LogP contribution is 2.32. The van der Waals surface area contributed by atoms with E-state index in [1.165, 1.54) is 30.3 Å². The molecule has 31 heavy (non-hydrogen) atoms. The molecule has 2 heterocycles. The molecule has 2 N–H and O–H groups in total. The molecule has 0 radical (unpaired) electrons. The molecular formula is C22H17FN2O5S. The van der Waals surface area contributed by atoms with Crippen molar-refractivity contribution in [3.05, 3.63) is 66.2 Å². The minimum atomic E-state index is -4.29. The van der Waals surface area contributed by atoms with Crippen molar-refractivity contribution in [2.75, 3.05) is 18.0 Å². The van der Waals surface area contributed by atoms with Crippen LogP contribution in [0.2, 0.25) is 0 Å². The number of nitrogens with one attached hydrogen (secondary N) is 1. The summed E-state index contributed by atoms with van der Waals surface area (Å²) in [4.78, 5) is 14.4. The summed E-state index contributed by atoms with van der Waals surface area (Å²) < 4.78 is 47.7. The first-order valence-electron chi connectivity index (χ1n) is 9.59. The largest absolute Gasteiger partial charge is 0.507 e. The van der Waals surface area contributed by atoms with Crippen LogP contribution in [-0.4, -0.2) is 32.5 Å². The number of hydrogen-bond donors (Lipinski definition) is 2. The van der Waals surface area contributed by atoms with E-state index in [0.29, 0.717) is 11.1 Å². The first-order valence-corrected chi connectivity index (χ1v) is 11.1. The van der Waals surface area contributed by atoms with Crippen LogP contribution in [0.5, 0.6) is 5.75 Å². The molecule has 9 heteroatoms. The van der Waals surface area contributed by atoms with Gasteiger partial charge in [-0.3, -0.25) is 4.79 Å². The van der Waals surface area contributed by atoms with Crippen LogP contribution >= 0.6 is 0 Å². The summed E-state index contributed by atoms with van der Waals surface area (Å²) in [5, 5.41) is 10.7. The number of phenolic OH excluding ortho intramolecular Hbond substituents is 1. The van der Waals surface area contributed by atoms with Gasteiger partial charge in [-0.25, -0.2) is 17.5 Å². The number of carbonyl (C=O) groups excluding carboxylic acids is 1. The van der Waals surface area contributed by atoms with Gasteiger partial charge in [0.05, 0.1) is 10.3 Å². The Bertz CT molecular complexity index is 1460. The van der Waals surface area contributed by atoms with Crippen molar-refractivity contribution < 1.29 is 27.1 Å². The van der Waals surface area contributed by atoms with Gasteiger partial charge < -0.3 is 14.4 Å². The first-order chi connectivity index (χ1) is 14.8. The smallest absolute Gasteiger partial charge is 0.300 e. The van der Waals surface area contributed by atoms with Crippen LogP contribution in [0.4, 0.5) is 10.1 Å². The van der Waals surface area contributed by atoms with E-state index in [2.05, 4.69) is 0 Å². The molecule has 5 rings (SSSR count). The lowest BCUT2D eigenvalue weighted by Crippen LogP contribution is -2.36. The Labute approximate surface area is 176 Å². The van der Waals surface area contributed by atoms with E-state index < -0.39 is 21.7 Å². The van der Waals surface area contributed by atoms with Gasteiger partial charge in [-0.15, -0.1) is 0 Å². The molecule has 1 aromatic heterocycles. The summed E-state index contributed by atoms with van der Waals surface area (Å²) >= 11 is 0. The number of sulfonamides is 1. The van der Waals surface area contributed by atoms with E-state index in [1.807, 2.05) is 9.62 Å². The molecule has 0 unspecified atom stereocenters. The molecule has 0 atom stereocenters. The summed E-state index contributed by atoms with van der Waals surface area (Å²) in [6.07, 6.45) is 1.02. The molecule has 4 aromatic rings. The predicted octanol–water partition coefficient (Wildman–Crippen LogP) is 3.76. The van der Waals surface area contributed by atoms with Gasteiger partial charge in [0.25, 0.3) is 10.0 Å². The molecule has 3 aromatic carbocycles. The highest BCUT2D eigenvalue weighted by Gasteiger charge is 2.25. The van der Waals surface area contributed by atoms with Crippen LogP contribution in [0, 0.1) is 5.82 Å². The van der Waals surface area contributed by atoms with Gasteiger partial charge in [0.1, 0.15) is 17.1 Å². The molecule has 1 amide bonds. The molecule has 7 nitrogen and oxygen atoms in total. The number of halogens is 1. The second-order valence-electron chi connectivity index (χ2n) is 7.35. The van der Waals surface area contributed by atoms with Crippen molar-refractivity contribution in [2.45, 2.75) is 11.3 Å². The first kappa shape index (κ1) is 19.4. The highest BCUT2D eigenvalue weighted by atomic mass is 32.2. The van der Waals surface area contributed by atoms with Crippen molar-refractivity contribution in [3.63, 3.8) is 0 Å². The number of fused-ring (bicyclic) bond motifs is 2. The quantitative estimate of drug-likeness (QED) is 0.501. The maximum atomic E-state index is 14.5. The zero-order valence-electron chi connectivity index (χ0n) is 16.1. The number of hydrogen-bond acceptors (Lipinski definition) is 6. The molecule has 0 saturated carbocycles. The van der Waals surface area contributed by atoms with Crippen molar-refractivity contribution in [1.82, 2.24) is 4.72 Å². The van der Waals surface area contributed by atoms with Gasteiger partial charge in [-0.1, -0.05) is 24.3 Å². The third kappa shape index (κ3) is 3.27. The summed E-state index contributed by atoms with van der Waals surface area (Å²) in [5.74, 6) is -1.96. The fourth-order valence-corrected chi connectivity index (χ4v) is 4.84. The lowest BCUT2D eigenvalue weighted by molar-refractivity contribution is 0.0956. The lowest BCUT2D eigenvalue weighted by Gasteiger charge is -2.33. The molecule has 1 aliphatic rings. The number of amides is 1. The number of furan rings is 1. The Morgan fingerprint density at radius 2 is 1.77 bits per heavy atom. The number of nitrogens with zero attached hydrogens (tertiary/aromatic N) is 1. The fourth-order valence-electron chi connectivity index (χ4n) is 3.67. The van der Waals surface area contributed by atoms with Crippen molar-refractivity contribution in [3.8, 4) is 5.75 Å². The molecule has 158 valence electrons. The average Bonchev–Trinajstić information content (AvgIpc) is 3.12.